The van der Waals surface area contributed by atoms with E-state index in [4.69, 9.17) is 4.52 Å². The number of nitrogens with zero attached hydrogens (tertiary/aromatic N) is 4. The zero-order valence-corrected chi connectivity index (χ0v) is 14.1. The molecular weight excluding hydrogens is 304 g/mol. The fraction of sp³-hybridized carbons (Fsp3) is 0.556. The second-order valence-corrected chi connectivity index (χ2v) is 7.08. The average molecular weight is 328 g/mol. The van der Waals surface area contributed by atoms with E-state index in [1.807, 2.05) is 30.3 Å². The first-order valence-electron chi connectivity index (χ1n) is 8.67. The summed E-state index contributed by atoms with van der Waals surface area (Å²) < 4.78 is 5.45. The summed E-state index contributed by atoms with van der Waals surface area (Å²) in [6.07, 6.45) is 3.23. The number of hydrogen-bond acceptors (Lipinski definition) is 6. The molecule has 0 amide bonds. The van der Waals surface area contributed by atoms with E-state index in [2.05, 4.69) is 27.0 Å². The van der Waals surface area contributed by atoms with Crippen LogP contribution in [0.1, 0.15) is 19.3 Å². The van der Waals surface area contributed by atoms with Crippen molar-refractivity contribution in [2.75, 3.05) is 38.2 Å². The van der Waals surface area contributed by atoms with E-state index in [9.17, 15) is 5.11 Å². The van der Waals surface area contributed by atoms with Gasteiger partial charge in [-0.05, 0) is 50.1 Å². The Balaban J connectivity index is 1.55. The second kappa shape index (κ2) is 6.18. The molecule has 2 aliphatic heterocycles. The lowest BCUT2D eigenvalue weighted by molar-refractivity contribution is -0.0279. The van der Waals surface area contributed by atoms with Crippen molar-refractivity contribution in [1.29, 1.82) is 0 Å². The maximum absolute atomic E-state index is 10.0. The van der Waals surface area contributed by atoms with Gasteiger partial charge in [-0.15, -0.1) is 0 Å². The molecule has 6 heteroatoms. The van der Waals surface area contributed by atoms with Crippen LogP contribution in [0.15, 0.2) is 34.9 Å². The van der Waals surface area contributed by atoms with Crippen LogP contribution in [-0.4, -0.2) is 59.5 Å². The Morgan fingerprint density at radius 2 is 2.08 bits per heavy atom. The van der Waals surface area contributed by atoms with E-state index < -0.39 is 0 Å². The molecular formula is C18H24N4O2. The Kier molecular flexibility index (Phi) is 4.02. The molecule has 2 fully saturated rings. The van der Waals surface area contributed by atoms with Crippen LogP contribution in [-0.2, 0) is 0 Å². The normalized spacial score (nSPS) is 27.9. The van der Waals surface area contributed by atoms with Gasteiger partial charge in [0.25, 0.3) is 11.8 Å². The monoisotopic (exact) mass is 328 g/mol. The quantitative estimate of drug-likeness (QED) is 0.930. The number of likely N-dealkylation sites (tertiary alicyclic amines) is 1. The molecule has 2 aliphatic rings. The van der Waals surface area contributed by atoms with Gasteiger partial charge in [-0.2, -0.15) is 4.98 Å². The molecule has 0 bridgehead atoms. The van der Waals surface area contributed by atoms with Gasteiger partial charge >= 0.3 is 0 Å². The average Bonchev–Trinajstić information content (AvgIpc) is 3.12. The van der Waals surface area contributed by atoms with Crippen molar-refractivity contribution in [3.63, 3.8) is 0 Å². The molecule has 6 nitrogen and oxygen atoms in total. The summed E-state index contributed by atoms with van der Waals surface area (Å²) in [5.74, 6) is 1.21. The van der Waals surface area contributed by atoms with E-state index in [-0.39, 0.29) is 12.0 Å². The van der Waals surface area contributed by atoms with Gasteiger partial charge in [0, 0.05) is 30.1 Å². The van der Waals surface area contributed by atoms with E-state index in [0.29, 0.717) is 17.9 Å². The third kappa shape index (κ3) is 2.59. The first kappa shape index (κ1) is 15.6. The van der Waals surface area contributed by atoms with Crippen LogP contribution in [0.4, 0.5) is 5.95 Å². The van der Waals surface area contributed by atoms with Gasteiger partial charge in [0.05, 0.1) is 6.61 Å². The van der Waals surface area contributed by atoms with Crippen LogP contribution < -0.4 is 4.90 Å². The number of likely N-dealkylation sites (N-methyl/N-ethyl adjacent to an activating group) is 1. The second-order valence-electron chi connectivity index (χ2n) is 7.08. The first-order chi connectivity index (χ1) is 11.7. The predicted octanol–water partition coefficient (Wildman–Crippen LogP) is 2.02. The van der Waals surface area contributed by atoms with E-state index in [1.54, 1.807) is 0 Å². The fourth-order valence-electron chi connectivity index (χ4n) is 4.24. The molecule has 0 aliphatic carbocycles. The molecule has 1 N–H and O–H groups in total. The summed E-state index contributed by atoms with van der Waals surface area (Å²) in [5.41, 5.74) is 0.961. The van der Waals surface area contributed by atoms with Crippen molar-refractivity contribution >= 4 is 5.95 Å². The molecule has 0 unspecified atom stereocenters. The van der Waals surface area contributed by atoms with Crippen molar-refractivity contribution in [3.05, 3.63) is 30.3 Å². The van der Waals surface area contributed by atoms with Crippen LogP contribution in [0.5, 0.6) is 0 Å². The number of piperidine rings is 2. The van der Waals surface area contributed by atoms with Crippen molar-refractivity contribution < 1.29 is 9.63 Å². The van der Waals surface area contributed by atoms with Gasteiger partial charge in [-0.3, -0.25) is 0 Å². The molecule has 4 rings (SSSR count). The van der Waals surface area contributed by atoms with E-state index in [0.717, 1.165) is 44.5 Å². The lowest BCUT2D eigenvalue weighted by atomic mass is 9.69. The van der Waals surface area contributed by atoms with Crippen LogP contribution in [0.25, 0.3) is 11.5 Å². The molecule has 1 aromatic heterocycles. The molecule has 0 saturated carbocycles. The van der Waals surface area contributed by atoms with Gasteiger partial charge in [0.2, 0.25) is 0 Å². The Hall–Kier alpha value is -1.92. The highest BCUT2D eigenvalue weighted by molar-refractivity contribution is 5.54. The highest BCUT2D eigenvalue weighted by Gasteiger charge is 2.47. The molecule has 0 spiro atoms. The summed E-state index contributed by atoms with van der Waals surface area (Å²) >= 11 is 0. The minimum Gasteiger partial charge on any atom is -0.396 e. The molecule has 0 radical (unpaired) electrons. The topological polar surface area (TPSA) is 65.6 Å². The summed E-state index contributed by atoms with van der Waals surface area (Å²) in [5, 5.41) is 14.2. The summed E-state index contributed by atoms with van der Waals surface area (Å²) in [4.78, 5) is 9.15. The summed E-state index contributed by atoms with van der Waals surface area (Å²) in [6, 6.07) is 10.2. The Morgan fingerprint density at radius 1 is 1.25 bits per heavy atom. The molecule has 128 valence electrons. The molecule has 24 heavy (non-hydrogen) atoms. The van der Waals surface area contributed by atoms with Gasteiger partial charge < -0.3 is 19.4 Å². The van der Waals surface area contributed by atoms with Crippen LogP contribution >= 0.6 is 0 Å². The zero-order chi connectivity index (χ0) is 16.6. The van der Waals surface area contributed by atoms with Crippen molar-refractivity contribution in [3.8, 4) is 11.5 Å². The lowest BCUT2D eigenvalue weighted by Crippen LogP contribution is -2.61. The molecule has 1 aromatic carbocycles. The Labute approximate surface area is 142 Å². The van der Waals surface area contributed by atoms with Crippen molar-refractivity contribution in [2.45, 2.75) is 25.3 Å². The van der Waals surface area contributed by atoms with Crippen LogP contribution in [0.2, 0.25) is 0 Å². The third-order valence-corrected chi connectivity index (χ3v) is 5.73. The molecule has 2 atom stereocenters. The van der Waals surface area contributed by atoms with Crippen LogP contribution in [0, 0.1) is 5.41 Å². The highest BCUT2D eigenvalue weighted by Crippen LogP contribution is 2.42. The molecule has 2 saturated heterocycles. The largest absolute Gasteiger partial charge is 0.396 e. The molecule has 3 heterocycles. The molecule has 2 aromatic rings. The first-order valence-corrected chi connectivity index (χ1v) is 8.67. The maximum Gasteiger partial charge on any atom is 0.266 e. The predicted molar refractivity (Wildman–Crippen MR) is 91.7 cm³/mol. The number of anilines is 1. The zero-order valence-electron chi connectivity index (χ0n) is 14.1. The van der Waals surface area contributed by atoms with Gasteiger partial charge in [-0.1, -0.05) is 18.2 Å². The Bertz CT molecular complexity index is 689. The van der Waals surface area contributed by atoms with Gasteiger partial charge in [0.15, 0.2) is 0 Å². The number of rotatable bonds is 3. The lowest BCUT2D eigenvalue weighted by Gasteiger charge is -2.53. The van der Waals surface area contributed by atoms with Gasteiger partial charge in [0.1, 0.15) is 0 Å². The number of aromatic nitrogens is 2. The smallest absolute Gasteiger partial charge is 0.266 e. The van der Waals surface area contributed by atoms with Crippen LogP contribution in [0.3, 0.4) is 0 Å². The summed E-state index contributed by atoms with van der Waals surface area (Å²) in [6.45, 7) is 3.04. The van der Waals surface area contributed by atoms with E-state index in [1.165, 1.54) is 0 Å². The SMILES string of the molecule is CN1CCC[C@]2(CO)CCN(c3noc(-c4ccccc4)n3)C[C@@H]12. The maximum atomic E-state index is 10.0. The Morgan fingerprint density at radius 3 is 2.88 bits per heavy atom. The van der Waals surface area contributed by atoms with E-state index >= 15 is 0 Å². The van der Waals surface area contributed by atoms with Gasteiger partial charge in [-0.25, -0.2) is 0 Å². The standard InChI is InChI=1S/C18H24N4O2/c1-21-10-5-8-18(13-23)9-11-22(12-15(18)21)17-19-16(24-20-17)14-6-3-2-4-7-14/h2-4,6-7,15,23H,5,8-13H2,1H3/t15-,18-/m1/s1. The third-order valence-electron chi connectivity index (χ3n) is 5.73. The van der Waals surface area contributed by atoms with Crippen molar-refractivity contribution in [2.24, 2.45) is 5.41 Å². The fourth-order valence-corrected chi connectivity index (χ4v) is 4.24. The highest BCUT2D eigenvalue weighted by atomic mass is 16.5. The van der Waals surface area contributed by atoms with Crippen molar-refractivity contribution in [1.82, 2.24) is 15.0 Å². The summed E-state index contributed by atoms with van der Waals surface area (Å²) in [7, 11) is 2.16. The number of aliphatic hydroxyl groups is 1. The number of benzene rings is 1. The minimum absolute atomic E-state index is 0.0233. The number of fused-ring (bicyclic) bond motifs is 1. The number of hydrogen-bond donors (Lipinski definition) is 1. The minimum atomic E-state index is 0.0233. The number of aliphatic hydroxyl groups excluding tert-OH is 1.